The molecular weight excluding hydrogens is 300 g/mol. The molecule has 4 rings (SSSR count). The molecule has 0 aliphatic heterocycles. The predicted molar refractivity (Wildman–Crippen MR) is 110 cm³/mol. The lowest BCUT2D eigenvalue weighted by Crippen LogP contribution is -1.87. The lowest BCUT2D eigenvalue weighted by Gasteiger charge is -2.11. The van der Waals surface area contributed by atoms with Crippen LogP contribution in [-0.4, -0.2) is 0 Å². The van der Waals surface area contributed by atoms with Crippen LogP contribution in [0.2, 0.25) is 0 Å². The largest absolute Gasteiger partial charge is 0.0613 e. The first-order valence-corrected chi connectivity index (χ1v) is 9.10. The van der Waals surface area contributed by atoms with E-state index < -0.39 is 0 Å². The van der Waals surface area contributed by atoms with E-state index in [0.717, 1.165) is 6.42 Å². The molecule has 0 heterocycles. The van der Waals surface area contributed by atoms with Crippen molar-refractivity contribution in [1.29, 1.82) is 0 Å². The van der Waals surface area contributed by atoms with Gasteiger partial charge in [-0.1, -0.05) is 61.0 Å². The van der Waals surface area contributed by atoms with Crippen molar-refractivity contribution in [3.63, 3.8) is 0 Å². The third-order valence-corrected chi connectivity index (χ3v) is 5.27. The van der Waals surface area contributed by atoms with Gasteiger partial charge in [0.05, 0.1) is 0 Å². The van der Waals surface area contributed by atoms with Crippen LogP contribution in [0.5, 0.6) is 0 Å². The van der Waals surface area contributed by atoms with Gasteiger partial charge in [0.1, 0.15) is 0 Å². The van der Waals surface area contributed by atoms with Gasteiger partial charge in [0.15, 0.2) is 0 Å². The number of aryl methyl sites for hydroxylation is 4. The van der Waals surface area contributed by atoms with Crippen LogP contribution in [0.15, 0.2) is 60.7 Å². The Hall–Kier alpha value is -2.60. The molecule has 4 aromatic carbocycles. The van der Waals surface area contributed by atoms with E-state index >= 15 is 0 Å². The highest BCUT2D eigenvalue weighted by Gasteiger charge is 2.06. The summed E-state index contributed by atoms with van der Waals surface area (Å²) in [5.41, 5.74) is 8.02. The lowest BCUT2D eigenvalue weighted by atomic mass is 9.93. The van der Waals surface area contributed by atoms with Gasteiger partial charge in [0.25, 0.3) is 0 Å². The quantitative estimate of drug-likeness (QED) is 0.367. The molecule has 0 saturated carbocycles. The molecule has 0 N–H and O–H groups in total. The smallest absolute Gasteiger partial charge is 0.0148 e. The van der Waals surface area contributed by atoms with E-state index in [-0.39, 0.29) is 0 Å². The zero-order chi connectivity index (χ0) is 17.6. The summed E-state index contributed by atoms with van der Waals surface area (Å²) in [5, 5.41) is 5.37. The summed E-state index contributed by atoms with van der Waals surface area (Å²) in [4.78, 5) is 0. The highest BCUT2D eigenvalue weighted by molar-refractivity contribution is 5.94. The molecule has 0 nitrogen and oxygen atoms in total. The Labute approximate surface area is 150 Å². The van der Waals surface area contributed by atoms with Gasteiger partial charge in [-0.15, -0.1) is 0 Å². The van der Waals surface area contributed by atoms with Gasteiger partial charge in [0, 0.05) is 0 Å². The van der Waals surface area contributed by atoms with Crippen LogP contribution in [0, 0.1) is 20.8 Å². The molecule has 0 atom stereocenters. The maximum absolute atomic E-state index is 2.34. The monoisotopic (exact) mass is 324 g/mol. The molecule has 0 radical (unpaired) electrons. The summed E-state index contributed by atoms with van der Waals surface area (Å²) in [6, 6.07) is 22.9. The van der Waals surface area contributed by atoms with Gasteiger partial charge < -0.3 is 0 Å². The predicted octanol–water partition coefficient (Wildman–Crippen LogP) is 7.15. The third kappa shape index (κ3) is 2.82. The first kappa shape index (κ1) is 15.9. The van der Waals surface area contributed by atoms with E-state index in [1.54, 1.807) is 0 Å². The summed E-state index contributed by atoms with van der Waals surface area (Å²) >= 11 is 0. The summed E-state index contributed by atoms with van der Waals surface area (Å²) in [6.07, 6.45) is 1.08. The number of fused-ring (bicyclic) bond motifs is 2. The molecule has 0 bridgehead atoms. The summed E-state index contributed by atoms with van der Waals surface area (Å²) in [5.74, 6) is 0. The second kappa shape index (κ2) is 6.04. The first-order chi connectivity index (χ1) is 12.0. The first-order valence-electron chi connectivity index (χ1n) is 9.10. The van der Waals surface area contributed by atoms with Gasteiger partial charge in [0.2, 0.25) is 0 Å². The topological polar surface area (TPSA) is 0 Å². The molecule has 0 unspecified atom stereocenters. The molecule has 0 heteroatoms. The molecular formula is C25H24. The number of hydrogen-bond donors (Lipinski definition) is 0. The van der Waals surface area contributed by atoms with E-state index in [1.807, 2.05) is 0 Å². The highest BCUT2D eigenvalue weighted by Crippen LogP contribution is 2.31. The normalized spacial score (nSPS) is 11.4. The maximum Gasteiger partial charge on any atom is -0.0148 e. The van der Waals surface area contributed by atoms with Crippen LogP contribution in [0.25, 0.3) is 32.7 Å². The Morgan fingerprint density at radius 1 is 0.600 bits per heavy atom. The minimum absolute atomic E-state index is 1.08. The van der Waals surface area contributed by atoms with Crippen LogP contribution in [0.3, 0.4) is 0 Å². The van der Waals surface area contributed by atoms with Crippen molar-refractivity contribution in [2.24, 2.45) is 0 Å². The van der Waals surface area contributed by atoms with Crippen LogP contribution >= 0.6 is 0 Å². The van der Waals surface area contributed by atoms with Gasteiger partial charge in [-0.05, 0) is 88.7 Å². The zero-order valence-corrected chi connectivity index (χ0v) is 15.5. The highest BCUT2D eigenvalue weighted by atomic mass is 14.1. The minimum Gasteiger partial charge on any atom is -0.0613 e. The Balaban J connectivity index is 1.93. The second-order valence-electron chi connectivity index (χ2n) is 7.22. The summed E-state index contributed by atoms with van der Waals surface area (Å²) in [6.45, 7) is 8.80. The summed E-state index contributed by atoms with van der Waals surface area (Å²) in [7, 11) is 0. The average molecular weight is 324 g/mol. The Morgan fingerprint density at radius 2 is 1.40 bits per heavy atom. The lowest BCUT2D eigenvalue weighted by molar-refractivity contribution is 1.15. The van der Waals surface area contributed by atoms with Crippen molar-refractivity contribution >= 4 is 21.5 Å². The van der Waals surface area contributed by atoms with Crippen LogP contribution in [-0.2, 0) is 6.42 Å². The van der Waals surface area contributed by atoms with Gasteiger partial charge in [-0.25, -0.2) is 0 Å². The second-order valence-corrected chi connectivity index (χ2v) is 7.22. The average Bonchev–Trinajstić information content (AvgIpc) is 2.60. The van der Waals surface area contributed by atoms with Crippen LogP contribution in [0.1, 0.15) is 29.2 Å². The number of benzene rings is 4. The number of rotatable bonds is 2. The molecule has 0 aliphatic rings. The van der Waals surface area contributed by atoms with Crippen LogP contribution in [0.4, 0.5) is 0 Å². The standard InChI is InChI=1S/C25H24/c1-5-19-6-9-24-18(4)12-22(14-23(24)13-19)20-7-8-21-11-16(2)10-17(3)25(21)15-20/h6-15H,5H2,1-4H3. The zero-order valence-electron chi connectivity index (χ0n) is 15.5. The molecule has 0 aliphatic carbocycles. The maximum atomic E-state index is 2.34. The Morgan fingerprint density at radius 3 is 2.20 bits per heavy atom. The van der Waals surface area contributed by atoms with E-state index in [2.05, 4.69) is 88.4 Å². The molecule has 0 amide bonds. The Bertz CT molecular complexity index is 1100. The number of hydrogen-bond acceptors (Lipinski definition) is 0. The Kier molecular flexibility index (Phi) is 3.84. The SMILES string of the molecule is CCc1ccc2c(C)cc(-c3ccc4cc(C)cc(C)c4c3)cc2c1. The molecule has 4 aromatic rings. The van der Waals surface area contributed by atoms with Crippen molar-refractivity contribution in [3.8, 4) is 11.1 Å². The molecule has 124 valence electrons. The third-order valence-electron chi connectivity index (χ3n) is 5.27. The molecule has 0 spiro atoms. The van der Waals surface area contributed by atoms with Gasteiger partial charge >= 0.3 is 0 Å². The van der Waals surface area contributed by atoms with E-state index in [0.29, 0.717) is 0 Å². The van der Waals surface area contributed by atoms with Crippen molar-refractivity contribution in [2.45, 2.75) is 34.1 Å². The molecule has 0 saturated heterocycles. The fraction of sp³-hybridized carbons (Fsp3) is 0.200. The van der Waals surface area contributed by atoms with Crippen molar-refractivity contribution in [3.05, 3.63) is 82.9 Å². The molecule has 25 heavy (non-hydrogen) atoms. The molecule has 0 aromatic heterocycles. The fourth-order valence-electron chi connectivity index (χ4n) is 3.91. The summed E-state index contributed by atoms with van der Waals surface area (Å²) < 4.78 is 0. The van der Waals surface area contributed by atoms with Crippen LogP contribution < -0.4 is 0 Å². The van der Waals surface area contributed by atoms with E-state index in [1.165, 1.54) is 54.9 Å². The van der Waals surface area contributed by atoms with Crippen molar-refractivity contribution in [1.82, 2.24) is 0 Å². The minimum atomic E-state index is 1.08. The van der Waals surface area contributed by atoms with E-state index in [4.69, 9.17) is 0 Å². The van der Waals surface area contributed by atoms with Crippen molar-refractivity contribution in [2.75, 3.05) is 0 Å². The molecule has 0 fully saturated rings. The van der Waals surface area contributed by atoms with Crippen molar-refractivity contribution < 1.29 is 0 Å². The van der Waals surface area contributed by atoms with Gasteiger partial charge in [-0.2, -0.15) is 0 Å². The fourth-order valence-corrected chi connectivity index (χ4v) is 3.91. The van der Waals surface area contributed by atoms with E-state index in [9.17, 15) is 0 Å². The van der Waals surface area contributed by atoms with Gasteiger partial charge in [-0.3, -0.25) is 0 Å².